The molecule has 0 radical (unpaired) electrons. The first-order valence-corrected chi connectivity index (χ1v) is 7.78. The van der Waals surface area contributed by atoms with Gasteiger partial charge in [-0.15, -0.1) is 0 Å². The Kier molecular flexibility index (Phi) is 5.68. The quantitative estimate of drug-likeness (QED) is 0.584. The Hall–Kier alpha value is -2.32. The lowest BCUT2D eigenvalue weighted by atomic mass is 9.97. The second-order valence-electron chi connectivity index (χ2n) is 5.33. The van der Waals surface area contributed by atoms with Crippen molar-refractivity contribution in [2.24, 2.45) is 4.99 Å². The molecule has 160 valence electrons. The van der Waals surface area contributed by atoms with E-state index in [1.807, 2.05) is 0 Å². The summed E-state index contributed by atoms with van der Waals surface area (Å²) >= 11 is -0.979. The van der Waals surface area contributed by atoms with Gasteiger partial charge in [0, 0.05) is 5.56 Å². The molecule has 0 saturated carbocycles. The Morgan fingerprint density at radius 2 is 1.41 bits per heavy atom. The number of thioether (sulfide) groups is 1. The second kappa shape index (κ2) is 7.18. The van der Waals surface area contributed by atoms with Crippen molar-refractivity contribution >= 4 is 22.8 Å². The molecule has 1 amide bonds. The molecule has 0 atom stereocenters. The van der Waals surface area contributed by atoms with Crippen LogP contribution < -0.4 is 5.32 Å². The standard InChI is InChI=1S/C14H5F11N2OS/c15-6-3-1-5(2-4-6)9(28)26-10-27-11(13(20,21)22,14(23,24)25)8(29-10)7(16)12(17,18)19/h1-4H,(H,26,27,28). The average Bonchev–Trinajstić information content (AvgIpc) is 2.94. The van der Waals surface area contributed by atoms with E-state index in [1.54, 1.807) is 0 Å². The minimum Gasteiger partial charge on any atom is -0.301 e. The first kappa shape index (κ1) is 23.0. The van der Waals surface area contributed by atoms with Gasteiger partial charge < -0.3 is 5.32 Å². The van der Waals surface area contributed by atoms with E-state index in [1.165, 1.54) is 5.32 Å². The van der Waals surface area contributed by atoms with Crippen molar-refractivity contribution in [2.45, 2.75) is 24.1 Å². The lowest BCUT2D eigenvalue weighted by Gasteiger charge is -2.31. The third kappa shape index (κ3) is 4.18. The molecule has 0 fully saturated rings. The van der Waals surface area contributed by atoms with E-state index in [0.29, 0.717) is 0 Å². The van der Waals surface area contributed by atoms with Gasteiger partial charge in [0.15, 0.2) is 5.17 Å². The fourth-order valence-corrected chi connectivity index (χ4v) is 3.25. The van der Waals surface area contributed by atoms with Gasteiger partial charge in [0.2, 0.25) is 5.83 Å². The summed E-state index contributed by atoms with van der Waals surface area (Å²) in [6, 6.07) is 3.03. The number of rotatable bonds is 1. The van der Waals surface area contributed by atoms with Crippen LogP contribution in [0.15, 0.2) is 40.0 Å². The second-order valence-corrected chi connectivity index (χ2v) is 6.33. The highest BCUT2D eigenvalue weighted by atomic mass is 32.2. The van der Waals surface area contributed by atoms with Crippen LogP contribution in [0, 0.1) is 5.82 Å². The Bertz CT molecular complexity index is 852. The highest BCUT2D eigenvalue weighted by Gasteiger charge is 2.77. The maximum atomic E-state index is 13.6. The first-order valence-electron chi connectivity index (χ1n) is 6.96. The highest BCUT2D eigenvalue weighted by molar-refractivity contribution is 8.17. The van der Waals surface area contributed by atoms with Gasteiger partial charge in [-0.25, -0.2) is 13.8 Å². The number of halogens is 11. The number of allylic oxidation sites excluding steroid dienone is 1. The van der Waals surface area contributed by atoms with Crippen molar-refractivity contribution in [2.75, 3.05) is 0 Å². The molecular formula is C14H5F11N2OS. The molecule has 1 aliphatic rings. The Balaban J connectivity index is 2.59. The van der Waals surface area contributed by atoms with Crippen LogP contribution in [0.4, 0.5) is 48.3 Å². The van der Waals surface area contributed by atoms with Gasteiger partial charge in [0.1, 0.15) is 5.82 Å². The number of nitrogens with one attached hydrogen (secondary N) is 1. The summed E-state index contributed by atoms with van der Waals surface area (Å²) in [6.07, 6.45) is -19.2. The molecule has 3 nitrogen and oxygen atoms in total. The number of alkyl halides is 9. The molecule has 0 aromatic heterocycles. The van der Waals surface area contributed by atoms with Crippen molar-refractivity contribution in [3.05, 3.63) is 46.4 Å². The number of hydrogen-bond acceptors (Lipinski definition) is 3. The molecule has 0 unspecified atom stereocenters. The molecule has 0 aliphatic carbocycles. The van der Waals surface area contributed by atoms with Crippen LogP contribution >= 0.6 is 11.8 Å². The summed E-state index contributed by atoms with van der Waals surface area (Å²) in [7, 11) is 0. The van der Waals surface area contributed by atoms with Crippen LogP contribution in [-0.4, -0.2) is 35.1 Å². The van der Waals surface area contributed by atoms with Crippen LogP contribution in [0.25, 0.3) is 0 Å². The molecule has 0 spiro atoms. The lowest BCUT2D eigenvalue weighted by Crippen LogP contribution is -2.55. The van der Waals surface area contributed by atoms with Crippen LogP contribution in [0.5, 0.6) is 0 Å². The largest absolute Gasteiger partial charge is 0.443 e. The predicted molar refractivity (Wildman–Crippen MR) is 77.9 cm³/mol. The summed E-state index contributed by atoms with van der Waals surface area (Å²) < 4.78 is 143. The monoisotopic (exact) mass is 458 g/mol. The third-order valence-corrected chi connectivity index (χ3v) is 4.46. The van der Waals surface area contributed by atoms with Gasteiger partial charge in [0.05, 0.1) is 4.91 Å². The van der Waals surface area contributed by atoms with Crippen molar-refractivity contribution in [1.82, 2.24) is 5.32 Å². The minimum absolute atomic E-state index is 0.465. The van der Waals surface area contributed by atoms with Crippen LogP contribution in [0.1, 0.15) is 10.4 Å². The summed E-state index contributed by atoms with van der Waals surface area (Å²) in [6.45, 7) is 0. The van der Waals surface area contributed by atoms with Crippen molar-refractivity contribution < 1.29 is 53.1 Å². The third-order valence-electron chi connectivity index (χ3n) is 3.39. The number of aliphatic imine (C=N–C) groups is 1. The van der Waals surface area contributed by atoms with Gasteiger partial charge in [-0.1, -0.05) is 11.8 Å². The van der Waals surface area contributed by atoms with Crippen LogP contribution in [0.2, 0.25) is 0 Å². The zero-order chi connectivity index (χ0) is 22.4. The SMILES string of the molecule is O=C(NC1=NC(C(F)(F)F)(C(F)(F)F)C(=C(F)C(F)(F)F)S1)c1ccc(F)cc1. The van der Waals surface area contributed by atoms with Crippen molar-refractivity contribution in [3.63, 3.8) is 0 Å². The summed E-state index contributed by atoms with van der Waals surface area (Å²) in [5.74, 6) is -5.91. The van der Waals surface area contributed by atoms with Crippen molar-refractivity contribution in [3.8, 4) is 0 Å². The summed E-state index contributed by atoms with van der Waals surface area (Å²) in [5, 5.41) is -0.147. The topological polar surface area (TPSA) is 41.5 Å². The number of carbonyl (C=O) groups is 1. The molecule has 1 heterocycles. The van der Waals surface area contributed by atoms with E-state index in [4.69, 9.17) is 0 Å². The van der Waals surface area contributed by atoms with Gasteiger partial charge in [-0.3, -0.25) is 4.79 Å². The molecule has 1 N–H and O–H groups in total. The molecule has 1 aromatic carbocycles. The van der Waals surface area contributed by atoms with E-state index in [0.717, 1.165) is 24.3 Å². The number of nitrogens with zero attached hydrogens (tertiary/aromatic N) is 1. The van der Waals surface area contributed by atoms with E-state index in [2.05, 4.69) is 4.99 Å². The minimum atomic E-state index is -6.53. The Labute approximate surface area is 157 Å². The predicted octanol–water partition coefficient (Wildman–Crippen LogP) is 5.27. The molecule has 29 heavy (non-hydrogen) atoms. The van der Waals surface area contributed by atoms with Crippen LogP contribution in [-0.2, 0) is 0 Å². The number of amides is 1. The zero-order valence-electron chi connectivity index (χ0n) is 13.2. The molecule has 2 rings (SSSR count). The smallest absolute Gasteiger partial charge is 0.301 e. The molecule has 1 aliphatic heterocycles. The van der Waals surface area contributed by atoms with Gasteiger partial charge in [0.25, 0.3) is 11.4 Å². The Morgan fingerprint density at radius 3 is 1.83 bits per heavy atom. The fraction of sp³-hybridized carbons (Fsp3) is 0.286. The number of hydrogen-bond donors (Lipinski definition) is 1. The number of carbonyl (C=O) groups excluding carboxylic acids is 1. The van der Waals surface area contributed by atoms with E-state index >= 15 is 0 Å². The maximum Gasteiger partial charge on any atom is 0.443 e. The zero-order valence-corrected chi connectivity index (χ0v) is 14.0. The van der Waals surface area contributed by atoms with Gasteiger partial charge >= 0.3 is 18.5 Å². The molecular weight excluding hydrogens is 453 g/mol. The molecule has 0 bridgehead atoms. The lowest BCUT2D eigenvalue weighted by molar-refractivity contribution is -0.280. The van der Waals surface area contributed by atoms with Gasteiger partial charge in [-0.05, 0) is 24.3 Å². The highest BCUT2D eigenvalue weighted by Crippen LogP contribution is 2.59. The summed E-state index contributed by atoms with van der Waals surface area (Å²) in [5.41, 5.74) is -6.04. The first-order chi connectivity index (χ1) is 13.0. The molecule has 0 saturated heterocycles. The average molecular weight is 458 g/mol. The van der Waals surface area contributed by atoms with E-state index in [9.17, 15) is 53.1 Å². The van der Waals surface area contributed by atoms with E-state index in [-0.39, 0.29) is 0 Å². The van der Waals surface area contributed by atoms with E-state index < -0.39 is 69.0 Å². The Morgan fingerprint density at radius 1 is 0.931 bits per heavy atom. The number of amidine groups is 1. The molecule has 15 heteroatoms. The fourth-order valence-electron chi connectivity index (χ4n) is 2.10. The summed E-state index contributed by atoms with van der Waals surface area (Å²) in [4.78, 5) is 11.2. The number of benzene rings is 1. The van der Waals surface area contributed by atoms with Gasteiger partial charge in [-0.2, -0.15) is 39.5 Å². The molecule has 1 aromatic rings. The van der Waals surface area contributed by atoms with Crippen LogP contribution in [0.3, 0.4) is 0 Å². The maximum absolute atomic E-state index is 13.6. The normalized spacial score (nSPS) is 19.1. The van der Waals surface area contributed by atoms with Crippen molar-refractivity contribution in [1.29, 1.82) is 0 Å².